The van der Waals surface area contributed by atoms with Gasteiger partial charge in [0.15, 0.2) is 6.10 Å². The number of carbonyl (C=O) groups is 3. The molecular formula is C57H94O6. The van der Waals surface area contributed by atoms with Crippen LogP contribution in [0.25, 0.3) is 0 Å². The van der Waals surface area contributed by atoms with Gasteiger partial charge in [-0.1, -0.05) is 201 Å². The fourth-order valence-corrected chi connectivity index (χ4v) is 6.76. The smallest absolute Gasteiger partial charge is 0.306 e. The van der Waals surface area contributed by atoms with E-state index in [9.17, 15) is 14.4 Å². The second-order valence-electron chi connectivity index (χ2n) is 16.7. The van der Waals surface area contributed by atoms with Gasteiger partial charge >= 0.3 is 17.9 Å². The summed E-state index contributed by atoms with van der Waals surface area (Å²) >= 11 is 0. The average Bonchev–Trinajstić information content (AvgIpc) is 3.28. The number of unbranched alkanes of at least 4 members (excludes halogenated alkanes) is 18. The van der Waals surface area contributed by atoms with Gasteiger partial charge in [-0.3, -0.25) is 14.4 Å². The van der Waals surface area contributed by atoms with Crippen molar-refractivity contribution in [2.75, 3.05) is 13.2 Å². The molecule has 0 amide bonds. The van der Waals surface area contributed by atoms with Gasteiger partial charge in [0.1, 0.15) is 13.2 Å². The molecule has 1 atom stereocenters. The molecule has 63 heavy (non-hydrogen) atoms. The Kier molecular flexibility index (Phi) is 48.0. The van der Waals surface area contributed by atoms with Crippen LogP contribution < -0.4 is 0 Å². The minimum atomic E-state index is -0.828. The number of hydrogen-bond donors (Lipinski definition) is 0. The number of rotatable bonds is 45. The molecule has 0 aliphatic heterocycles. The lowest BCUT2D eigenvalue weighted by atomic mass is 10.1. The molecule has 0 aromatic heterocycles. The summed E-state index contributed by atoms with van der Waals surface area (Å²) in [4.78, 5) is 37.9. The third-order valence-electron chi connectivity index (χ3n) is 10.6. The first-order chi connectivity index (χ1) is 31.0. The summed E-state index contributed by atoms with van der Waals surface area (Å²) in [5, 5.41) is 0. The topological polar surface area (TPSA) is 78.9 Å². The third-order valence-corrected chi connectivity index (χ3v) is 10.6. The molecule has 1 unspecified atom stereocenters. The minimum Gasteiger partial charge on any atom is -0.462 e. The Labute approximate surface area is 387 Å². The van der Waals surface area contributed by atoms with E-state index in [-0.39, 0.29) is 31.6 Å². The number of carbonyl (C=O) groups excluding carboxylic acids is 3. The van der Waals surface area contributed by atoms with E-state index < -0.39 is 12.1 Å². The van der Waals surface area contributed by atoms with Crippen LogP contribution in [0.4, 0.5) is 0 Å². The van der Waals surface area contributed by atoms with Crippen molar-refractivity contribution in [3.05, 3.63) is 97.2 Å². The monoisotopic (exact) mass is 875 g/mol. The molecule has 0 saturated carbocycles. The Morgan fingerprint density at radius 3 is 1.06 bits per heavy atom. The standard InChI is InChI=1S/C57H94O6/c1-4-7-10-13-16-19-22-25-26-27-28-29-30-33-35-38-41-44-47-50-56(59)62-53-54(63-57(60)51-48-45-42-39-36-32-24-21-18-15-12-9-6-3)52-61-55(58)49-46-43-40-37-34-31-23-20-17-14-11-8-5-2/h8-9,11-12,17-18,20-21,25-26,31-32,34,36,42,45,54H,4-7,10,13-16,19,22-24,27-30,33,35,37-41,43-44,46-53H2,1-3H3/b11-8-,12-9-,20-17-,21-18-,26-25-,34-31-,36-32-,45-42-. The summed E-state index contributed by atoms with van der Waals surface area (Å²) in [5.74, 6) is -1.04. The molecule has 0 N–H and O–H groups in total. The van der Waals surface area contributed by atoms with Gasteiger partial charge in [0.05, 0.1) is 0 Å². The van der Waals surface area contributed by atoms with E-state index >= 15 is 0 Å². The van der Waals surface area contributed by atoms with Crippen molar-refractivity contribution < 1.29 is 28.6 Å². The first-order valence-electron chi connectivity index (χ1n) is 25.7. The highest BCUT2D eigenvalue weighted by atomic mass is 16.6. The lowest BCUT2D eigenvalue weighted by molar-refractivity contribution is -0.166. The summed E-state index contributed by atoms with van der Waals surface area (Å²) in [5.41, 5.74) is 0. The largest absolute Gasteiger partial charge is 0.462 e. The zero-order chi connectivity index (χ0) is 45.8. The van der Waals surface area contributed by atoms with Crippen molar-refractivity contribution in [2.45, 2.75) is 232 Å². The maximum atomic E-state index is 12.7. The fourth-order valence-electron chi connectivity index (χ4n) is 6.76. The van der Waals surface area contributed by atoms with Gasteiger partial charge in [-0.05, 0) is 103 Å². The Bertz CT molecular complexity index is 1280. The quantitative estimate of drug-likeness (QED) is 0.0262. The molecule has 0 heterocycles. The molecule has 0 aliphatic rings. The normalized spacial score (nSPS) is 12.9. The van der Waals surface area contributed by atoms with Crippen molar-refractivity contribution in [1.82, 2.24) is 0 Å². The zero-order valence-electron chi connectivity index (χ0n) is 40.8. The van der Waals surface area contributed by atoms with Crippen LogP contribution in [-0.2, 0) is 28.6 Å². The van der Waals surface area contributed by atoms with Crippen LogP contribution in [0.3, 0.4) is 0 Å². The summed E-state index contributed by atoms with van der Waals surface area (Å²) in [6.45, 7) is 6.30. The highest BCUT2D eigenvalue weighted by Gasteiger charge is 2.19. The molecule has 0 fully saturated rings. The van der Waals surface area contributed by atoms with E-state index in [1.54, 1.807) is 0 Å². The van der Waals surface area contributed by atoms with Crippen LogP contribution in [0.2, 0.25) is 0 Å². The molecule has 0 aromatic rings. The van der Waals surface area contributed by atoms with Crippen molar-refractivity contribution in [2.24, 2.45) is 0 Å². The third kappa shape index (κ3) is 49.2. The number of allylic oxidation sites excluding steroid dienone is 16. The van der Waals surface area contributed by atoms with Crippen molar-refractivity contribution in [3.63, 3.8) is 0 Å². The highest BCUT2D eigenvalue weighted by molar-refractivity contribution is 5.71. The molecule has 6 nitrogen and oxygen atoms in total. The van der Waals surface area contributed by atoms with Crippen LogP contribution in [0.15, 0.2) is 97.2 Å². The fraction of sp³-hybridized carbons (Fsp3) is 0.667. The predicted octanol–water partition coefficient (Wildman–Crippen LogP) is 17.0. The molecule has 0 bridgehead atoms. The van der Waals surface area contributed by atoms with Gasteiger partial charge in [0.25, 0.3) is 0 Å². The second kappa shape index (κ2) is 51.0. The number of esters is 3. The van der Waals surface area contributed by atoms with Crippen molar-refractivity contribution in [3.8, 4) is 0 Å². The summed E-state index contributed by atoms with van der Waals surface area (Å²) in [6.07, 6.45) is 67.0. The first kappa shape index (κ1) is 59.3. The van der Waals surface area contributed by atoms with E-state index in [0.29, 0.717) is 19.3 Å². The molecule has 358 valence electrons. The van der Waals surface area contributed by atoms with Crippen LogP contribution in [0, 0.1) is 0 Å². The van der Waals surface area contributed by atoms with E-state index in [4.69, 9.17) is 14.2 Å². The Morgan fingerprint density at radius 2 is 0.651 bits per heavy atom. The van der Waals surface area contributed by atoms with Crippen LogP contribution in [-0.4, -0.2) is 37.2 Å². The van der Waals surface area contributed by atoms with E-state index in [0.717, 1.165) is 89.9 Å². The van der Waals surface area contributed by atoms with Crippen molar-refractivity contribution in [1.29, 1.82) is 0 Å². The molecule has 0 aliphatic carbocycles. The van der Waals surface area contributed by atoms with E-state index in [2.05, 4.69) is 106 Å². The van der Waals surface area contributed by atoms with E-state index in [1.165, 1.54) is 89.9 Å². The van der Waals surface area contributed by atoms with Gasteiger partial charge in [0, 0.05) is 19.3 Å². The lowest BCUT2D eigenvalue weighted by Crippen LogP contribution is -2.30. The first-order valence-corrected chi connectivity index (χ1v) is 25.7. The molecule has 0 radical (unpaired) electrons. The number of ether oxygens (including phenoxy) is 3. The summed E-state index contributed by atoms with van der Waals surface area (Å²) in [7, 11) is 0. The second-order valence-corrected chi connectivity index (χ2v) is 16.7. The van der Waals surface area contributed by atoms with Gasteiger partial charge in [-0.15, -0.1) is 0 Å². The minimum absolute atomic E-state index is 0.117. The molecule has 0 saturated heterocycles. The van der Waals surface area contributed by atoms with Crippen LogP contribution in [0.1, 0.15) is 226 Å². The van der Waals surface area contributed by atoms with Gasteiger partial charge in [-0.2, -0.15) is 0 Å². The van der Waals surface area contributed by atoms with Gasteiger partial charge in [-0.25, -0.2) is 0 Å². The molecular weight excluding hydrogens is 781 g/mol. The van der Waals surface area contributed by atoms with Crippen LogP contribution in [0.5, 0.6) is 0 Å². The zero-order valence-corrected chi connectivity index (χ0v) is 40.8. The highest BCUT2D eigenvalue weighted by Crippen LogP contribution is 2.14. The Balaban J connectivity index is 4.46. The molecule has 0 rings (SSSR count). The summed E-state index contributed by atoms with van der Waals surface area (Å²) in [6, 6.07) is 0. The molecule has 6 heteroatoms. The average molecular weight is 875 g/mol. The molecule has 0 spiro atoms. The Morgan fingerprint density at radius 1 is 0.333 bits per heavy atom. The maximum absolute atomic E-state index is 12.7. The predicted molar refractivity (Wildman–Crippen MR) is 270 cm³/mol. The van der Waals surface area contributed by atoms with Crippen LogP contribution >= 0.6 is 0 Å². The van der Waals surface area contributed by atoms with E-state index in [1.807, 2.05) is 12.2 Å². The molecule has 0 aromatic carbocycles. The summed E-state index contributed by atoms with van der Waals surface area (Å²) < 4.78 is 16.7. The maximum Gasteiger partial charge on any atom is 0.306 e. The number of hydrogen-bond acceptors (Lipinski definition) is 6. The lowest BCUT2D eigenvalue weighted by Gasteiger charge is -2.18. The SMILES string of the molecule is CC/C=C\C/C=C\C/C=C\C/C=C\CCC(=O)OC(COC(=O)CCCCC/C=C\C/C=C\C/C=C\CC)COC(=O)CCCCCCCCCCC/C=C\CCCCCCCC. The van der Waals surface area contributed by atoms with Crippen molar-refractivity contribution >= 4 is 17.9 Å². The van der Waals surface area contributed by atoms with Gasteiger partial charge < -0.3 is 14.2 Å². The Hall–Kier alpha value is -3.67. The van der Waals surface area contributed by atoms with Gasteiger partial charge in [0.2, 0.25) is 0 Å².